The monoisotopic (exact) mass is 468 g/mol. The first-order valence-electron chi connectivity index (χ1n) is 11.3. The van der Waals surface area contributed by atoms with Gasteiger partial charge in [0.25, 0.3) is 0 Å². The Kier molecular flexibility index (Phi) is 6.87. The Balaban J connectivity index is 1.46. The molecule has 0 aromatic heterocycles. The first kappa shape index (κ1) is 22.9. The molecule has 0 amide bonds. The number of hydrogen-bond donors (Lipinski definition) is 0. The van der Waals surface area contributed by atoms with Crippen LogP contribution in [0, 0.1) is 30.8 Å². The van der Waals surface area contributed by atoms with Gasteiger partial charge in [0.15, 0.2) is 11.5 Å². The normalized spacial score (nSPS) is 18.2. The van der Waals surface area contributed by atoms with Crippen molar-refractivity contribution in [2.45, 2.75) is 19.6 Å². The van der Waals surface area contributed by atoms with Gasteiger partial charge in [-0.05, 0) is 56.8 Å². The van der Waals surface area contributed by atoms with Crippen LogP contribution in [0.1, 0.15) is 18.1 Å². The topological polar surface area (TPSA) is 40.0 Å². The fourth-order valence-electron chi connectivity index (χ4n) is 4.38. The van der Waals surface area contributed by atoms with E-state index in [1.54, 1.807) is 14.2 Å². The molecular formula is C29H27NO3P. The fourth-order valence-corrected chi connectivity index (χ4v) is 6.93. The van der Waals surface area contributed by atoms with E-state index in [4.69, 9.17) is 19.2 Å². The van der Waals surface area contributed by atoms with E-state index in [9.17, 15) is 0 Å². The maximum atomic E-state index is 6.00. The van der Waals surface area contributed by atoms with Gasteiger partial charge in [0.1, 0.15) is 6.61 Å². The lowest BCUT2D eigenvalue weighted by molar-refractivity contribution is 0.309. The van der Waals surface area contributed by atoms with E-state index < -0.39 is 7.92 Å². The molecule has 1 fully saturated rings. The summed E-state index contributed by atoms with van der Waals surface area (Å²) < 4.78 is 17.0. The van der Waals surface area contributed by atoms with E-state index >= 15 is 0 Å². The molecule has 1 heterocycles. The van der Waals surface area contributed by atoms with Crippen molar-refractivity contribution in [2.24, 2.45) is 4.99 Å². The van der Waals surface area contributed by atoms with Crippen LogP contribution in [0.5, 0.6) is 11.5 Å². The number of ether oxygens (including phenoxy) is 3. The van der Waals surface area contributed by atoms with Crippen molar-refractivity contribution in [1.29, 1.82) is 0 Å². The summed E-state index contributed by atoms with van der Waals surface area (Å²) in [6, 6.07) is 25.4. The molecule has 1 aliphatic heterocycles. The zero-order valence-corrected chi connectivity index (χ0v) is 20.5. The molecule has 0 N–H and O–H groups in total. The molecule has 1 aliphatic carbocycles. The number of aliphatic imine (C=N–C) groups is 1. The van der Waals surface area contributed by atoms with Gasteiger partial charge in [-0.25, -0.2) is 4.99 Å². The van der Waals surface area contributed by atoms with Gasteiger partial charge < -0.3 is 14.2 Å². The van der Waals surface area contributed by atoms with Crippen molar-refractivity contribution in [3.63, 3.8) is 0 Å². The molecule has 1 atom stereocenters. The molecule has 5 heteroatoms. The van der Waals surface area contributed by atoms with E-state index in [2.05, 4.69) is 86.8 Å². The van der Waals surface area contributed by atoms with Gasteiger partial charge in [-0.3, -0.25) is 0 Å². The Morgan fingerprint density at radius 3 is 2.09 bits per heavy atom. The lowest BCUT2D eigenvalue weighted by Crippen LogP contribution is -2.24. The molecule has 3 aromatic rings. The molecule has 5 rings (SSSR count). The zero-order chi connectivity index (χ0) is 23.5. The SMILES string of the molecule is COc1cc2c(cc1OC)C(=N[C@H](C)[C]1[CH][CH][CH][C]1P(c1ccccc1)c1ccccc1)OC2. The Morgan fingerprint density at radius 1 is 0.853 bits per heavy atom. The van der Waals surface area contributed by atoms with Crippen molar-refractivity contribution in [3.8, 4) is 11.5 Å². The number of nitrogens with zero attached hydrogens (tertiary/aromatic N) is 1. The molecule has 0 unspecified atom stereocenters. The zero-order valence-electron chi connectivity index (χ0n) is 19.6. The van der Waals surface area contributed by atoms with Crippen LogP contribution in [0.2, 0.25) is 0 Å². The van der Waals surface area contributed by atoms with Crippen LogP contribution in [0.3, 0.4) is 0 Å². The van der Waals surface area contributed by atoms with E-state index in [0.717, 1.165) is 11.1 Å². The average Bonchev–Trinajstić information content (AvgIpc) is 3.52. The minimum atomic E-state index is -0.694. The highest BCUT2D eigenvalue weighted by Gasteiger charge is 2.40. The van der Waals surface area contributed by atoms with Gasteiger partial charge in [-0.1, -0.05) is 60.7 Å². The minimum Gasteiger partial charge on any atom is -0.493 e. The molecule has 34 heavy (non-hydrogen) atoms. The predicted molar refractivity (Wildman–Crippen MR) is 139 cm³/mol. The van der Waals surface area contributed by atoms with E-state index in [1.807, 2.05) is 12.1 Å². The van der Waals surface area contributed by atoms with Crippen LogP contribution in [0.25, 0.3) is 0 Å². The summed E-state index contributed by atoms with van der Waals surface area (Å²) in [5.74, 6) is 3.26. The lowest BCUT2D eigenvalue weighted by Gasteiger charge is -2.31. The highest BCUT2D eigenvalue weighted by molar-refractivity contribution is 7.76. The molecule has 1 saturated carbocycles. The second-order valence-corrected chi connectivity index (χ2v) is 10.3. The summed E-state index contributed by atoms with van der Waals surface area (Å²) in [4.78, 5) is 5.03. The molecule has 0 bridgehead atoms. The van der Waals surface area contributed by atoms with Crippen molar-refractivity contribution >= 4 is 24.4 Å². The third kappa shape index (κ3) is 4.44. The number of fused-ring (bicyclic) bond motifs is 1. The summed E-state index contributed by atoms with van der Waals surface area (Å²) in [6.45, 7) is 2.62. The molecule has 171 valence electrons. The standard InChI is InChI=1S/C29H27NO3P/c1-20(30-29-25-18-27(32-3)26(31-2)17-21(25)19-33-29)24-15-10-16-28(24)34(22-11-6-4-7-12-22)23-13-8-5-9-14-23/h4-18,20H,19H2,1-3H3/t20-/m1/s1. The van der Waals surface area contributed by atoms with Crippen LogP contribution < -0.4 is 20.1 Å². The van der Waals surface area contributed by atoms with Crippen LogP contribution in [0.4, 0.5) is 0 Å². The van der Waals surface area contributed by atoms with Crippen molar-refractivity contribution < 1.29 is 14.2 Å². The van der Waals surface area contributed by atoms with Crippen LogP contribution in [-0.2, 0) is 11.3 Å². The summed E-state index contributed by atoms with van der Waals surface area (Å²) >= 11 is 0. The number of methoxy groups -OCH3 is 2. The number of benzene rings is 3. The molecule has 0 saturated heterocycles. The maximum Gasteiger partial charge on any atom is 0.217 e. The molecule has 5 radical (unpaired) electrons. The summed E-state index contributed by atoms with van der Waals surface area (Å²) in [5, 5.41) is 2.66. The summed E-state index contributed by atoms with van der Waals surface area (Å²) in [5.41, 5.74) is 3.35. The third-order valence-electron chi connectivity index (χ3n) is 6.06. The second-order valence-electron chi connectivity index (χ2n) is 8.14. The third-order valence-corrected chi connectivity index (χ3v) is 8.58. The predicted octanol–water partition coefficient (Wildman–Crippen LogP) is 5.23. The van der Waals surface area contributed by atoms with Gasteiger partial charge in [-0.2, -0.15) is 0 Å². The van der Waals surface area contributed by atoms with Crippen LogP contribution in [0.15, 0.2) is 77.8 Å². The van der Waals surface area contributed by atoms with Gasteiger partial charge in [0.05, 0.1) is 20.3 Å². The Hall–Kier alpha value is -2.84. The van der Waals surface area contributed by atoms with E-state index in [1.165, 1.54) is 22.2 Å². The molecule has 3 aromatic carbocycles. The van der Waals surface area contributed by atoms with Gasteiger partial charge >= 0.3 is 0 Å². The largest absolute Gasteiger partial charge is 0.493 e. The lowest BCUT2D eigenvalue weighted by atomic mass is 9.99. The number of hydrogen-bond acceptors (Lipinski definition) is 4. The maximum absolute atomic E-state index is 6.00. The Labute approximate surface area is 203 Å². The van der Waals surface area contributed by atoms with Gasteiger partial charge in [-0.15, -0.1) is 0 Å². The highest BCUT2D eigenvalue weighted by Crippen LogP contribution is 2.57. The minimum absolute atomic E-state index is 0.0588. The van der Waals surface area contributed by atoms with Crippen molar-refractivity contribution in [3.05, 3.63) is 115 Å². The van der Waals surface area contributed by atoms with Crippen molar-refractivity contribution in [1.82, 2.24) is 0 Å². The van der Waals surface area contributed by atoms with E-state index in [0.29, 0.717) is 24.0 Å². The molecular weight excluding hydrogens is 441 g/mol. The average molecular weight is 469 g/mol. The van der Waals surface area contributed by atoms with Crippen LogP contribution >= 0.6 is 7.92 Å². The molecule has 0 spiro atoms. The van der Waals surface area contributed by atoms with Crippen LogP contribution in [-0.4, -0.2) is 26.2 Å². The molecule has 2 aliphatic rings. The Bertz CT molecular complexity index is 1110. The smallest absolute Gasteiger partial charge is 0.217 e. The van der Waals surface area contributed by atoms with Crippen molar-refractivity contribution in [2.75, 3.05) is 14.2 Å². The Morgan fingerprint density at radius 2 is 1.47 bits per heavy atom. The number of rotatable bonds is 7. The molecule has 4 nitrogen and oxygen atoms in total. The fraction of sp³-hybridized carbons (Fsp3) is 0.172. The quantitative estimate of drug-likeness (QED) is 0.446. The van der Waals surface area contributed by atoms with Gasteiger partial charge in [0.2, 0.25) is 5.90 Å². The first-order chi connectivity index (χ1) is 16.7. The highest BCUT2D eigenvalue weighted by atomic mass is 31.1. The first-order valence-corrected chi connectivity index (χ1v) is 12.7. The summed E-state index contributed by atoms with van der Waals surface area (Å²) in [6.07, 6.45) is 6.57. The second kappa shape index (κ2) is 10.2. The van der Waals surface area contributed by atoms with Gasteiger partial charge in [0, 0.05) is 22.7 Å². The van der Waals surface area contributed by atoms with E-state index in [-0.39, 0.29) is 6.04 Å². The summed E-state index contributed by atoms with van der Waals surface area (Å²) in [7, 11) is 2.59.